The molecule has 7 nitrogen and oxygen atoms in total. The summed E-state index contributed by atoms with van der Waals surface area (Å²) in [4.78, 5) is 37.9. The molecule has 0 aliphatic carbocycles. The lowest BCUT2D eigenvalue weighted by Gasteiger charge is -2.32. The number of nitrogens with zero attached hydrogens (tertiary/aromatic N) is 1. The second kappa shape index (κ2) is 8.00. The van der Waals surface area contributed by atoms with Crippen LogP contribution in [0.4, 0.5) is 4.79 Å². The first kappa shape index (κ1) is 18.3. The molecular weight excluding hydrogens is 288 g/mol. The number of ether oxygens (including phenoxy) is 2. The molecule has 1 rings (SSSR count). The van der Waals surface area contributed by atoms with Gasteiger partial charge in [0.1, 0.15) is 12.1 Å². The molecule has 1 saturated heterocycles. The van der Waals surface area contributed by atoms with E-state index in [-0.39, 0.29) is 30.4 Å². The van der Waals surface area contributed by atoms with E-state index in [0.29, 0.717) is 6.42 Å². The summed E-state index contributed by atoms with van der Waals surface area (Å²) in [6, 6.07) is -1.38. The number of nitrogens with one attached hydrogen (secondary N) is 1. The molecule has 0 saturated carbocycles. The summed E-state index contributed by atoms with van der Waals surface area (Å²) in [5.74, 6) is -0.786. The zero-order valence-corrected chi connectivity index (χ0v) is 13.9. The van der Waals surface area contributed by atoms with Gasteiger partial charge in [0, 0.05) is 6.04 Å². The highest BCUT2D eigenvalue weighted by molar-refractivity contribution is 5.90. The van der Waals surface area contributed by atoms with Gasteiger partial charge in [0.2, 0.25) is 5.91 Å². The van der Waals surface area contributed by atoms with Gasteiger partial charge in [-0.1, -0.05) is 13.8 Å². The van der Waals surface area contributed by atoms with E-state index < -0.39 is 18.2 Å². The van der Waals surface area contributed by atoms with Gasteiger partial charge >= 0.3 is 12.1 Å². The highest BCUT2D eigenvalue weighted by Gasteiger charge is 2.43. The minimum atomic E-state index is -0.732. The number of hydrogen-bond acceptors (Lipinski definition) is 5. The van der Waals surface area contributed by atoms with E-state index in [1.165, 1.54) is 7.11 Å². The van der Waals surface area contributed by atoms with Gasteiger partial charge in [-0.25, -0.2) is 9.59 Å². The Morgan fingerprint density at radius 3 is 2.41 bits per heavy atom. The van der Waals surface area contributed by atoms with Crippen LogP contribution < -0.4 is 5.32 Å². The van der Waals surface area contributed by atoms with Crippen LogP contribution in [-0.2, 0) is 19.1 Å². The highest BCUT2D eigenvalue weighted by Crippen LogP contribution is 2.26. The summed E-state index contributed by atoms with van der Waals surface area (Å²) < 4.78 is 9.62. The van der Waals surface area contributed by atoms with Crippen LogP contribution in [0.3, 0.4) is 0 Å². The van der Waals surface area contributed by atoms with Crippen LogP contribution in [0.1, 0.15) is 40.5 Å². The number of amides is 2. The number of alkyl carbamates (subject to hydrolysis) is 1. The van der Waals surface area contributed by atoms with Gasteiger partial charge in [-0.15, -0.1) is 0 Å². The van der Waals surface area contributed by atoms with Crippen molar-refractivity contribution in [1.29, 1.82) is 0 Å². The van der Waals surface area contributed by atoms with E-state index in [0.717, 1.165) is 6.42 Å². The first-order chi connectivity index (χ1) is 10.3. The van der Waals surface area contributed by atoms with Gasteiger partial charge in [-0.2, -0.15) is 0 Å². The Hall–Kier alpha value is -1.79. The van der Waals surface area contributed by atoms with Crippen molar-refractivity contribution >= 4 is 18.0 Å². The number of carbonyl (C=O) groups excluding carboxylic acids is 3. The molecule has 0 aromatic carbocycles. The van der Waals surface area contributed by atoms with Crippen molar-refractivity contribution < 1.29 is 23.9 Å². The second-order valence-corrected chi connectivity index (χ2v) is 5.80. The molecule has 7 heteroatoms. The highest BCUT2D eigenvalue weighted by atomic mass is 16.5. The third-order valence-electron chi connectivity index (χ3n) is 3.87. The number of rotatable bonds is 5. The Labute approximate surface area is 131 Å². The predicted molar refractivity (Wildman–Crippen MR) is 80.1 cm³/mol. The third-order valence-corrected chi connectivity index (χ3v) is 3.87. The number of esters is 1. The SMILES string of the molecule is CCOC(=O)C1CCC(C)N1C(=O)C(NC(=O)OC)C(C)C. The van der Waals surface area contributed by atoms with E-state index in [9.17, 15) is 14.4 Å². The molecule has 0 bridgehead atoms. The summed E-state index contributed by atoms with van der Waals surface area (Å²) in [5, 5.41) is 2.55. The molecule has 2 amide bonds. The van der Waals surface area contributed by atoms with Crippen LogP contribution in [0.2, 0.25) is 0 Å². The molecule has 1 aliphatic rings. The lowest BCUT2D eigenvalue weighted by Crippen LogP contribution is -2.55. The molecule has 22 heavy (non-hydrogen) atoms. The summed E-state index contributed by atoms with van der Waals surface area (Å²) in [6.07, 6.45) is 0.652. The van der Waals surface area contributed by atoms with Gasteiger partial charge in [0.25, 0.3) is 0 Å². The van der Waals surface area contributed by atoms with Gasteiger partial charge in [-0.3, -0.25) is 4.79 Å². The lowest BCUT2D eigenvalue weighted by molar-refractivity contribution is -0.155. The minimum absolute atomic E-state index is 0.0670. The maximum Gasteiger partial charge on any atom is 0.407 e. The smallest absolute Gasteiger partial charge is 0.407 e. The van der Waals surface area contributed by atoms with Gasteiger partial charge in [0.05, 0.1) is 13.7 Å². The van der Waals surface area contributed by atoms with Gasteiger partial charge in [0.15, 0.2) is 0 Å². The first-order valence-corrected chi connectivity index (χ1v) is 7.66. The number of likely N-dealkylation sites (tertiary alicyclic amines) is 1. The van der Waals surface area contributed by atoms with E-state index in [1.54, 1.807) is 11.8 Å². The largest absolute Gasteiger partial charge is 0.464 e. The quantitative estimate of drug-likeness (QED) is 0.773. The molecule has 1 N–H and O–H groups in total. The Kier molecular flexibility index (Phi) is 6.64. The molecule has 0 aromatic rings. The van der Waals surface area contributed by atoms with Crippen LogP contribution in [0.25, 0.3) is 0 Å². The van der Waals surface area contributed by atoms with Crippen molar-refractivity contribution in [3.8, 4) is 0 Å². The molecule has 1 aliphatic heterocycles. The van der Waals surface area contributed by atoms with Crippen molar-refractivity contribution in [2.75, 3.05) is 13.7 Å². The molecular formula is C15H26N2O5. The van der Waals surface area contributed by atoms with Crippen molar-refractivity contribution in [2.45, 2.75) is 58.7 Å². The molecule has 3 atom stereocenters. The molecule has 0 radical (unpaired) electrons. The van der Waals surface area contributed by atoms with E-state index in [4.69, 9.17) is 4.74 Å². The van der Waals surface area contributed by atoms with Crippen molar-refractivity contribution in [2.24, 2.45) is 5.92 Å². The van der Waals surface area contributed by atoms with Crippen molar-refractivity contribution in [1.82, 2.24) is 10.2 Å². The second-order valence-electron chi connectivity index (χ2n) is 5.80. The zero-order valence-electron chi connectivity index (χ0n) is 13.9. The lowest BCUT2D eigenvalue weighted by atomic mass is 10.0. The van der Waals surface area contributed by atoms with Crippen LogP contribution in [-0.4, -0.2) is 54.7 Å². The van der Waals surface area contributed by atoms with Gasteiger partial charge in [-0.05, 0) is 32.6 Å². The van der Waals surface area contributed by atoms with Crippen molar-refractivity contribution in [3.05, 3.63) is 0 Å². The number of hydrogen-bond donors (Lipinski definition) is 1. The fraction of sp³-hybridized carbons (Fsp3) is 0.800. The minimum Gasteiger partial charge on any atom is -0.464 e. The molecule has 1 heterocycles. The summed E-state index contributed by atoms with van der Waals surface area (Å²) in [6.45, 7) is 7.57. The summed E-state index contributed by atoms with van der Waals surface area (Å²) in [5.41, 5.74) is 0. The number of methoxy groups -OCH3 is 1. The fourth-order valence-electron chi connectivity index (χ4n) is 2.69. The van der Waals surface area contributed by atoms with Crippen molar-refractivity contribution in [3.63, 3.8) is 0 Å². The van der Waals surface area contributed by atoms with Crippen LogP contribution in [0.15, 0.2) is 0 Å². The topological polar surface area (TPSA) is 84.9 Å². The Bertz CT molecular complexity index is 424. The normalized spacial score (nSPS) is 22.4. The molecule has 1 fully saturated rings. The van der Waals surface area contributed by atoms with Crippen LogP contribution in [0, 0.1) is 5.92 Å². The average molecular weight is 314 g/mol. The average Bonchev–Trinajstić information content (AvgIpc) is 2.85. The maximum atomic E-state index is 12.8. The molecule has 0 spiro atoms. The molecule has 3 unspecified atom stereocenters. The predicted octanol–water partition coefficient (Wildman–Crippen LogP) is 1.31. The molecule has 126 valence electrons. The first-order valence-electron chi connectivity index (χ1n) is 7.66. The fourth-order valence-corrected chi connectivity index (χ4v) is 2.69. The molecule has 0 aromatic heterocycles. The van der Waals surface area contributed by atoms with E-state index >= 15 is 0 Å². The maximum absolute atomic E-state index is 12.8. The summed E-state index contributed by atoms with van der Waals surface area (Å²) >= 11 is 0. The van der Waals surface area contributed by atoms with Gasteiger partial charge < -0.3 is 19.7 Å². The summed E-state index contributed by atoms with van der Waals surface area (Å²) in [7, 11) is 1.25. The number of carbonyl (C=O) groups is 3. The zero-order chi connectivity index (χ0) is 16.9. The van der Waals surface area contributed by atoms with E-state index in [2.05, 4.69) is 10.1 Å². The Balaban J connectivity index is 2.93. The van der Waals surface area contributed by atoms with Crippen LogP contribution in [0.5, 0.6) is 0 Å². The Morgan fingerprint density at radius 1 is 1.27 bits per heavy atom. The van der Waals surface area contributed by atoms with E-state index in [1.807, 2.05) is 20.8 Å². The monoisotopic (exact) mass is 314 g/mol. The van der Waals surface area contributed by atoms with Crippen LogP contribution >= 0.6 is 0 Å². The third kappa shape index (κ3) is 4.11. The standard InChI is InChI=1S/C15H26N2O5/c1-6-22-14(19)11-8-7-10(4)17(11)13(18)12(9(2)3)16-15(20)21-5/h9-12H,6-8H2,1-5H3,(H,16,20). The Morgan fingerprint density at radius 2 is 1.91 bits per heavy atom.